The molecule has 0 saturated carbocycles. The molecule has 0 fully saturated rings. The summed E-state index contributed by atoms with van der Waals surface area (Å²) in [6.07, 6.45) is 7.35. The van der Waals surface area contributed by atoms with E-state index >= 15 is 0 Å². The second-order valence-electron chi connectivity index (χ2n) is 9.73. The summed E-state index contributed by atoms with van der Waals surface area (Å²) in [5, 5.41) is 11.8. The Balaban J connectivity index is 1.14. The van der Waals surface area contributed by atoms with Crippen LogP contribution in [0.15, 0.2) is 110 Å². The predicted octanol–water partition coefficient (Wildman–Crippen LogP) is 6.25. The van der Waals surface area contributed by atoms with Crippen LogP contribution < -0.4 is 0 Å². The van der Waals surface area contributed by atoms with Crippen LogP contribution in [0.2, 0.25) is 0 Å². The SMILES string of the molecule is c1ccc2ncc(-c3cnc4ccc(Cn5nnc6ncc(-c7cnc8ccccc8c7)nc65)cc4c3)cc2c1. The van der Waals surface area contributed by atoms with Gasteiger partial charge in [-0.05, 0) is 48.0 Å². The summed E-state index contributed by atoms with van der Waals surface area (Å²) in [6.45, 7) is 0.502. The Labute approximate surface area is 228 Å². The van der Waals surface area contributed by atoms with E-state index in [1.165, 1.54) is 0 Å². The van der Waals surface area contributed by atoms with Crippen LogP contribution >= 0.6 is 0 Å². The van der Waals surface area contributed by atoms with Gasteiger partial charge in [0.15, 0.2) is 5.65 Å². The Kier molecular flexibility index (Phi) is 5.03. The molecule has 8 rings (SSSR count). The molecular weight excluding hydrogens is 496 g/mol. The van der Waals surface area contributed by atoms with Crippen molar-refractivity contribution in [2.45, 2.75) is 6.54 Å². The van der Waals surface area contributed by atoms with Gasteiger partial charge in [0.1, 0.15) is 0 Å². The summed E-state index contributed by atoms with van der Waals surface area (Å²) in [4.78, 5) is 23.3. The first-order valence-electron chi connectivity index (χ1n) is 12.9. The maximum atomic E-state index is 4.87. The fourth-order valence-electron chi connectivity index (χ4n) is 5.05. The van der Waals surface area contributed by atoms with Gasteiger partial charge in [-0.2, -0.15) is 0 Å². The van der Waals surface area contributed by atoms with E-state index in [0.29, 0.717) is 17.8 Å². The third-order valence-corrected chi connectivity index (χ3v) is 7.12. The molecule has 40 heavy (non-hydrogen) atoms. The Bertz CT molecular complexity index is 2220. The number of para-hydroxylation sites is 2. The van der Waals surface area contributed by atoms with Crippen LogP contribution in [0.4, 0.5) is 0 Å². The molecule has 0 saturated heterocycles. The van der Waals surface area contributed by atoms with Gasteiger partial charge < -0.3 is 0 Å². The van der Waals surface area contributed by atoms with Gasteiger partial charge in [-0.3, -0.25) is 15.0 Å². The molecule has 188 valence electrons. The van der Waals surface area contributed by atoms with Gasteiger partial charge in [-0.15, -0.1) is 5.10 Å². The zero-order chi connectivity index (χ0) is 26.5. The lowest BCUT2D eigenvalue weighted by Gasteiger charge is -2.08. The van der Waals surface area contributed by atoms with Crippen molar-refractivity contribution in [1.29, 1.82) is 0 Å². The van der Waals surface area contributed by atoms with E-state index in [-0.39, 0.29) is 0 Å². The molecule has 0 bridgehead atoms. The molecule has 0 amide bonds. The van der Waals surface area contributed by atoms with E-state index < -0.39 is 0 Å². The smallest absolute Gasteiger partial charge is 0.221 e. The Morgan fingerprint density at radius 3 is 1.93 bits per heavy atom. The van der Waals surface area contributed by atoms with Gasteiger partial charge in [0, 0.05) is 51.4 Å². The molecule has 0 unspecified atom stereocenters. The van der Waals surface area contributed by atoms with Crippen LogP contribution in [0.3, 0.4) is 0 Å². The number of hydrogen-bond acceptors (Lipinski definition) is 7. The van der Waals surface area contributed by atoms with E-state index in [1.807, 2.05) is 67.1 Å². The highest BCUT2D eigenvalue weighted by Crippen LogP contribution is 2.26. The minimum absolute atomic E-state index is 0.502. The average Bonchev–Trinajstić information content (AvgIpc) is 3.42. The van der Waals surface area contributed by atoms with Crippen molar-refractivity contribution in [1.82, 2.24) is 39.9 Å². The lowest BCUT2D eigenvalue weighted by Crippen LogP contribution is -2.03. The summed E-state index contributed by atoms with van der Waals surface area (Å²) in [5.41, 5.74) is 8.72. The Hall–Kier alpha value is -5.63. The number of nitrogens with zero attached hydrogens (tertiary/aromatic N) is 8. The largest absolute Gasteiger partial charge is 0.256 e. The van der Waals surface area contributed by atoms with Crippen LogP contribution in [0, 0.1) is 0 Å². The van der Waals surface area contributed by atoms with Gasteiger partial charge in [0.25, 0.3) is 0 Å². The highest BCUT2D eigenvalue weighted by atomic mass is 15.4. The van der Waals surface area contributed by atoms with E-state index in [1.54, 1.807) is 10.9 Å². The van der Waals surface area contributed by atoms with Crippen LogP contribution in [0.25, 0.3) is 66.4 Å². The number of pyridine rings is 3. The summed E-state index contributed by atoms with van der Waals surface area (Å²) in [5.74, 6) is 0. The average molecular weight is 517 g/mol. The molecule has 8 heteroatoms. The fourth-order valence-corrected chi connectivity index (χ4v) is 5.05. The lowest BCUT2D eigenvalue weighted by molar-refractivity contribution is 0.664. The molecule has 3 aromatic carbocycles. The topological polar surface area (TPSA) is 95.2 Å². The summed E-state index contributed by atoms with van der Waals surface area (Å²) >= 11 is 0. The zero-order valence-corrected chi connectivity index (χ0v) is 21.2. The molecule has 0 aliphatic rings. The van der Waals surface area contributed by atoms with Crippen LogP contribution in [0.1, 0.15) is 5.56 Å². The maximum Gasteiger partial charge on any atom is 0.221 e. The van der Waals surface area contributed by atoms with Gasteiger partial charge in [0.05, 0.1) is 35.0 Å². The molecule has 0 N–H and O–H groups in total. The first-order chi connectivity index (χ1) is 19.8. The lowest BCUT2D eigenvalue weighted by atomic mass is 10.0. The van der Waals surface area contributed by atoms with E-state index in [9.17, 15) is 0 Å². The predicted molar refractivity (Wildman–Crippen MR) is 155 cm³/mol. The van der Waals surface area contributed by atoms with Crippen molar-refractivity contribution in [3.63, 3.8) is 0 Å². The second-order valence-corrected chi connectivity index (χ2v) is 9.73. The van der Waals surface area contributed by atoms with Crippen molar-refractivity contribution in [2.75, 3.05) is 0 Å². The van der Waals surface area contributed by atoms with Crippen molar-refractivity contribution < 1.29 is 0 Å². The highest BCUT2D eigenvalue weighted by Gasteiger charge is 2.12. The fraction of sp³-hybridized carbons (Fsp3) is 0.0312. The van der Waals surface area contributed by atoms with Crippen LogP contribution in [-0.4, -0.2) is 39.9 Å². The second kappa shape index (κ2) is 8.99. The minimum atomic E-state index is 0.502. The molecule has 0 atom stereocenters. The Morgan fingerprint density at radius 2 is 1.18 bits per heavy atom. The molecule has 0 radical (unpaired) electrons. The van der Waals surface area contributed by atoms with Gasteiger partial charge >= 0.3 is 0 Å². The number of hydrogen-bond donors (Lipinski definition) is 0. The Morgan fingerprint density at radius 1 is 0.550 bits per heavy atom. The first kappa shape index (κ1) is 22.4. The maximum absolute atomic E-state index is 4.87. The number of fused-ring (bicyclic) bond motifs is 4. The van der Waals surface area contributed by atoms with Crippen molar-refractivity contribution >= 4 is 44.0 Å². The van der Waals surface area contributed by atoms with Crippen LogP contribution in [-0.2, 0) is 6.54 Å². The molecule has 8 nitrogen and oxygen atoms in total. The molecule has 5 aromatic heterocycles. The van der Waals surface area contributed by atoms with Gasteiger partial charge in [-0.1, -0.05) is 47.7 Å². The normalized spacial score (nSPS) is 11.6. The van der Waals surface area contributed by atoms with Crippen LogP contribution in [0.5, 0.6) is 0 Å². The van der Waals surface area contributed by atoms with Gasteiger partial charge in [-0.25, -0.2) is 14.6 Å². The van der Waals surface area contributed by atoms with E-state index in [2.05, 4.69) is 61.7 Å². The van der Waals surface area contributed by atoms with E-state index in [0.717, 1.165) is 60.7 Å². The number of benzene rings is 3. The third kappa shape index (κ3) is 3.90. The van der Waals surface area contributed by atoms with Crippen molar-refractivity contribution in [3.8, 4) is 22.4 Å². The zero-order valence-electron chi connectivity index (χ0n) is 21.2. The van der Waals surface area contributed by atoms with Gasteiger partial charge in [0.2, 0.25) is 5.65 Å². The summed E-state index contributed by atoms with van der Waals surface area (Å²) < 4.78 is 1.78. The van der Waals surface area contributed by atoms with E-state index in [4.69, 9.17) is 9.97 Å². The summed E-state index contributed by atoms with van der Waals surface area (Å²) in [6, 6.07) is 28.7. The highest BCUT2D eigenvalue weighted by molar-refractivity contribution is 5.88. The molecule has 0 spiro atoms. The third-order valence-electron chi connectivity index (χ3n) is 7.12. The molecule has 0 aliphatic carbocycles. The molecule has 0 aliphatic heterocycles. The number of aromatic nitrogens is 8. The quantitative estimate of drug-likeness (QED) is 0.273. The number of rotatable bonds is 4. The monoisotopic (exact) mass is 516 g/mol. The standard InChI is InChI=1S/C32H20N8/c1-3-7-27-21(5-1)12-24(15-33-27)25-14-23-11-20(9-10-29(23)34-16-25)19-40-32-31(38-39-40)36-18-30(37-32)26-13-22-6-2-4-8-28(22)35-17-26/h1-18H,19H2. The molecular formula is C32H20N8. The van der Waals surface area contributed by atoms with Crippen molar-refractivity contribution in [2.24, 2.45) is 0 Å². The van der Waals surface area contributed by atoms with Crippen molar-refractivity contribution in [3.05, 3.63) is 115 Å². The molecule has 8 aromatic rings. The summed E-state index contributed by atoms with van der Waals surface area (Å²) in [7, 11) is 0. The molecule has 5 heterocycles. The minimum Gasteiger partial charge on any atom is -0.256 e. The first-order valence-corrected chi connectivity index (χ1v) is 12.9.